The number of sulfone groups is 1. The highest BCUT2D eigenvalue weighted by Gasteiger charge is 2.18. The summed E-state index contributed by atoms with van der Waals surface area (Å²) in [7, 11) is -3.17. The lowest BCUT2D eigenvalue weighted by atomic mass is 10.2. The van der Waals surface area contributed by atoms with Crippen molar-refractivity contribution in [3.05, 3.63) is 29.8 Å². The zero-order valence-corrected chi connectivity index (χ0v) is 10.9. The van der Waals surface area contributed by atoms with Crippen molar-refractivity contribution in [3.63, 3.8) is 0 Å². The molecule has 4 N–H and O–H groups in total. The van der Waals surface area contributed by atoms with E-state index < -0.39 is 15.1 Å². The number of hydrogen-bond donors (Lipinski definition) is 3. The van der Waals surface area contributed by atoms with E-state index in [2.05, 4.69) is 10.7 Å². The Morgan fingerprint density at radius 3 is 2.29 bits per heavy atom. The van der Waals surface area contributed by atoms with Crippen molar-refractivity contribution in [2.24, 2.45) is 5.84 Å². The smallest absolute Gasteiger partial charge is 0.180 e. The molecule has 6 heteroatoms. The molecule has 0 saturated heterocycles. The summed E-state index contributed by atoms with van der Waals surface area (Å²) in [5, 5.41) is 2.65. The predicted octanol–water partition coefficient (Wildman–Crippen LogP) is 0.379. The average molecular weight is 257 g/mol. The number of nitrogens with one attached hydrogen (secondary N) is 2. The van der Waals surface area contributed by atoms with Gasteiger partial charge in [0.15, 0.2) is 9.84 Å². The first kappa shape index (κ1) is 14.1. The zero-order chi connectivity index (χ0) is 12.9. The lowest BCUT2D eigenvalue weighted by Gasteiger charge is -2.09. The van der Waals surface area contributed by atoms with Crippen LogP contribution in [0.2, 0.25) is 0 Å². The first-order valence-electron chi connectivity index (χ1n) is 5.45. The highest BCUT2D eigenvalue weighted by molar-refractivity contribution is 7.92. The van der Waals surface area contributed by atoms with Crippen molar-refractivity contribution in [2.75, 3.05) is 6.67 Å². The van der Waals surface area contributed by atoms with E-state index in [9.17, 15) is 8.42 Å². The standard InChI is InChI=1S/C11H19N3O2S/c1-9(2)17(15,16)11-5-3-10(4-6-11)7-13-8-14-12/h3-6,9,13-14H,7-8,12H2,1-2H3. The topological polar surface area (TPSA) is 84.2 Å². The van der Waals surface area contributed by atoms with E-state index in [-0.39, 0.29) is 0 Å². The minimum absolute atomic E-state index is 0.369. The van der Waals surface area contributed by atoms with Crippen LogP contribution in [-0.2, 0) is 16.4 Å². The van der Waals surface area contributed by atoms with Crippen molar-refractivity contribution in [3.8, 4) is 0 Å². The van der Waals surface area contributed by atoms with Gasteiger partial charge in [0.25, 0.3) is 0 Å². The third-order valence-corrected chi connectivity index (χ3v) is 4.60. The molecule has 5 nitrogen and oxygen atoms in total. The van der Waals surface area contributed by atoms with Crippen LogP contribution in [0.25, 0.3) is 0 Å². The second-order valence-electron chi connectivity index (χ2n) is 4.05. The van der Waals surface area contributed by atoms with Crippen LogP contribution in [0, 0.1) is 0 Å². The number of hydrazine groups is 1. The molecule has 96 valence electrons. The molecule has 1 rings (SSSR count). The van der Waals surface area contributed by atoms with Gasteiger partial charge >= 0.3 is 0 Å². The normalized spacial score (nSPS) is 12.0. The minimum atomic E-state index is -3.17. The van der Waals surface area contributed by atoms with Crippen LogP contribution in [-0.4, -0.2) is 20.3 Å². The van der Waals surface area contributed by atoms with Gasteiger partial charge in [-0.25, -0.2) is 13.8 Å². The Morgan fingerprint density at radius 2 is 1.82 bits per heavy atom. The summed E-state index contributed by atoms with van der Waals surface area (Å²) in [5.41, 5.74) is 3.50. The predicted molar refractivity (Wildman–Crippen MR) is 67.8 cm³/mol. The minimum Gasteiger partial charge on any atom is -0.299 e. The third kappa shape index (κ3) is 3.78. The van der Waals surface area contributed by atoms with E-state index >= 15 is 0 Å². The molecule has 1 aromatic carbocycles. The first-order valence-corrected chi connectivity index (χ1v) is 7.00. The van der Waals surface area contributed by atoms with Crippen LogP contribution in [0.5, 0.6) is 0 Å². The molecule has 0 aromatic heterocycles. The van der Waals surface area contributed by atoms with Gasteiger partial charge in [-0.05, 0) is 31.5 Å². The Labute approximate surface area is 102 Å². The summed E-state index contributed by atoms with van der Waals surface area (Å²) in [6.45, 7) is 4.51. The van der Waals surface area contributed by atoms with Gasteiger partial charge in [0.2, 0.25) is 0 Å². The lowest BCUT2D eigenvalue weighted by molar-refractivity contribution is 0.587. The SMILES string of the molecule is CC(C)S(=O)(=O)c1ccc(CNCNN)cc1. The van der Waals surface area contributed by atoms with Gasteiger partial charge in [0, 0.05) is 6.54 Å². The van der Waals surface area contributed by atoms with Crippen molar-refractivity contribution in [1.82, 2.24) is 10.7 Å². The fourth-order valence-electron chi connectivity index (χ4n) is 1.35. The summed E-state index contributed by atoms with van der Waals surface area (Å²) in [6, 6.07) is 6.89. The van der Waals surface area contributed by atoms with Crippen LogP contribution in [0.1, 0.15) is 19.4 Å². The van der Waals surface area contributed by atoms with E-state index in [0.29, 0.717) is 18.1 Å². The van der Waals surface area contributed by atoms with Crippen LogP contribution in [0.3, 0.4) is 0 Å². The van der Waals surface area contributed by atoms with Crippen molar-refractivity contribution >= 4 is 9.84 Å². The molecule has 0 radical (unpaired) electrons. The highest BCUT2D eigenvalue weighted by Crippen LogP contribution is 2.16. The number of rotatable bonds is 6. The van der Waals surface area contributed by atoms with Gasteiger partial charge in [-0.3, -0.25) is 11.2 Å². The van der Waals surface area contributed by atoms with E-state index in [1.807, 2.05) is 0 Å². The van der Waals surface area contributed by atoms with Crippen molar-refractivity contribution in [2.45, 2.75) is 30.5 Å². The summed E-state index contributed by atoms with van der Waals surface area (Å²) in [4.78, 5) is 0.369. The third-order valence-electron chi connectivity index (χ3n) is 2.43. The Morgan fingerprint density at radius 1 is 1.24 bits per heavy atom. The monoisotopic (exact) mass is 257 g/mol. The fourth-order valence-corrected chi connectivity index (χ4v) is 2.41. The lowest BCUT2D eigenvalue weighted by Crippen LogP contribution is -2.33. The van der Waals surface area contributed by atoms with E-state index in [1.165, 1.54) is 0 Å². The molecular formula is C11H19N3O2S. The van der Waals surface area contributed by atoms with E-state index in [1.54, 1.807) is 38.1 Å². The van der Waals surface area contributed by atoms with Crippen LogP contribution >= 0.6 is 0 Å². The fraction of sp³-hybridized carbons (Fsp3) is 0.455. The summed E-state index contributed by atoms with van der Waals surface area (Å²) in [5.74, 6) is 5.12. The Balaban J connectivity index is 2.75. The van der Waals surface area contributed by atoms with Gasteiger partial charge in [0.1, 0.15) is 0 Å². The van der Waals surface area contributed by atoms with Crippen LogP contribution in [0.4, 0.5) is 0 Å². The zero-order valence-electron chi connectivity index (χ0n) is 10.1. The summed E-state index contributed by atoms with van der Waals surface area (Å²) in [6.07, 6.45) is 0. The van der Waals surface area contributed by atoms with Gasteiger partial charge in [-0.15, -0.1) is 0 Å². The van der Waals surface area contributed by atoms with Crippen LogP contribution in [0.15, 0.2) is 29.2 Å². The number of nitrogens with two attached hydrogens (primary N) is 1. The second-order valence-corrected chi connectivity index (χ2v) is 6.55. The molecule has 0 heterocycles. The molecule has 17 heavy (non-hydrogen) atoms. The molecule has 0 aliphatic heterocycles. The molecule has 0 fully saturated rings. The average Bonchev–Trinajstić information content (AvgIpc) is 2.30. The molecule has 0 atom stereocenters. The molecule has 0 amide bonds. The van der Waals surface area contributed by atoms with E-state index in [4.69, 9.17) is 5.84 Å². The largest absolute Gasteiger partial charge is 0.299 e. The molecule has 0 unspecified atom stereocenters. The quantitative estimate of drug-likeness (QED) is 0.297. The molecule has 0 aliphatic carbocycles. The van der Waals surface area contributed by atoms with Crippen LogP contribution < -0.4 is 16.6 Å². The highest BCUT2D eigenvalue weighted by atomic mass is 32.2. The number of hydrogen-bond acceptors (Lipinski definition) is 5. The Kier molecular flexibility index (Phi) is 5.07. The van der Waals surface area contributed by atoms with Crippen molar-refractivity contribution < 1.29 is 8.42 Å². The molecule has 0 aliphatic rings. The maximum Gasteiger partial charge on any atom is 0.180 e. The van der Waals surface area contributed by atoms with Gasteiger partial charge in [-0.2, -0.15) is 0 Å². The van der Waals surface area contributed by atoms with Gasteiger partial charge in [0.05, 0.1) is 16.8 Å². The molecule has 0 bridgehead atoms. The Hall–Kier alpha value is -0.950. The van der Waals surface area contributed by atoms with Gasteiger partial charge < -0.3 is 0 Å². The Bertz CT molecular complexity index is 440. The first-order chi connectivity index (χ1) is 7.98. The maximum absolute atomic E-state index is 11.9. The molecule has 0 spiro atoms. The second kappa shape index (κ2) is 6.11. The summed E-state index contributed by atoms with van der Waals surface area (Å²) < 4.78 is 23.7. The number of benzene rings is 1. The molecule has 1 aromatic rings. The molecular weight excluding hydrogens is 238 g/mol. The maximum atomic E-state index is 11.9. The van der Waals surface area contributed by atoms with E-state index in [0.717, 1.165) is 5.56 Å². The summed E-state index contributed by atoms with van der Waals surface area (Å²) >= 11 is 0. The molecule has 0 saturated carbocycles. The van der Waals surface area contributed by atoms with Gasteiger partial charge in [-0.1, -0.05) is 12.1 Å². The van der Waals surface area contributed by atoms with Crippen molar-refractivity contribution in [1.29, 1.82) is 0 Å².